The molecule has 0 saturated carbocycles. The van der Waals surface area contributed by atoms with E-state index in [2.05, 4.69) is 9.97 Å². The van der Waals surface area contributed by atoms with E-state index in [1.807, 2.05) is 60.7 Å². The van der Waals surface area contributed by atoms with Gasteiger partial charge in [0.15, 0.2) is 11.5 Å². The van der Waals surface area contributed by atoms with E-state index in [0.29, 0.717) is 22.3 Å². The largest absolute Gasteiger partial charge is 0.507 e. The predicted octanol–water partition coefficient (Wildman–Crippen LogP) is 6.16. The standard InChI is InChI=1S/C24H16N2O3/c27-21-13-5-1-3-7-15(13)23(19-17(21)9-11-25-19)29-24-16-8-4-2-6-14(16)22(28)18-10-12-26-20(18)24/h1-12,25-28H. The van der Waals surface area contributed by atoms with E-state index in [1.54, 1.807) is 12.4 Å². The van der Waals surface area contributed by atoms with Gasteiger partial charge in [0.2, 0.25) is 0 Å². The van der Waals surface area contributed by atoms with E-state index in [1.165, 1.54) is 0 Å². The summed E-state index contributed by atoms with van der Waals surface area (Å²) in [6.07, 6.45) is 3.57. The van der Waals surface area contributed by atoms with Crippen molar-refractivity contribution >= 4 is 43.4 Å². The van der Waals surface area contributed by atoms with Crippen LogP contribution in [-0.2, 0) is 0 Å². The summed E-state index contributed by atoms with van der Waals surface area (Å²) in [5.41, 5.74) is 1.44. The summed E-state index contributed by atoms with van der Waals surface area (Å²) in [5.74, 6) is 1.71. The van der Waals surface area contributed by atoms with Crippen LogP contribution in [-0.4, -0.2) is 20.2 Å². The highest BCUT2D eigenvalue weighted by atomic mass is 16.5. The van der Waals surface area contributed by atoms with Gasteiger partial charge >= 0.3 is 0 Å². The maximum absolute atomic E-state index is 10.7. The molecule has 29 heavy (non-hydrogen) atoms. The maximum atomic E-state index is 10.7. The normalized spacial score (nSPS) is 11.7. The van der Waals surface area contributed by atoms with Crippen LogP contribution < -0.4 is 4.74 Å². The number of rotatable bonds is 2. The lowest BCUT2D eigenvalue weighted by atomic mass is 10.0. The van der Waals surface area contributed by atoms with Gasteiger partial charge in [-0.1, -0.05) is 48.5 Å². The average molecular weight is 380 g/mol. The first kappa shape index (κ1) is 15.9. The lowest BCUT2D eigenvalue weighted by molar-refractivity contribution is 0.481. The monoisotopic (exact) mass is 380 g/mol. The predicted molar refractivity (Wildman–Crippen MR) is 115 cm³/mol. The molecule has 0 amide bonds. The molecule has 2 aromatic heterocycles. The Morgan fingerprint density at radius 1 is 0.517 bits per heavy atom. The number of H-pyrrole nitrogens is 2. The van der Waals surface area contributed by atoms with Crippen LogP contribution in [0.3, 0.4) is 0 Å². The van der Waals surface area contributed by atoms with Gasteiger partial charge in [0.25, 0.3) is 0 Å². The number of fused-ring (bicyclic) bond motifs is 4. The third-order valence-corrected chi connectivity index (χ3v) is 5.52. The van der Waals surface area contributed by atoms with Crippen molar-refractivity contribution in [3.05, 3.63) is 73.1 Å². The average Bonchev–Trinajstić information content (AvgIpc) is 3.44. The molecule has 0 aliphatic heterocycles. The van der Waals surface area contributed by atoms with Crippen molar-refractivity contribution in [2.24, 2.45) is 0 Å². The van der Waals surface area contributed by atoms with Crippen molar-refractivity contribution in [2.75, 3.05) is 0 Å². The van der Waals surface area contributed by atoms with Crippen molar-refractivity contribution in [3.8, 4) is 23.0 Å². The zero-order chi connectivity index (χ0) is 19.5. The number of benzene rings is 4. The van der Waals surface area contributed by atoms with E-state index in [-0.39, 0.29) is 11.5 Å². The molecule has 5 heteroatoms. The molecule has 0 spiro atoms. The van der Waals surface area contributed by atoms with Crippen LogP contribution in [0.15, 0.2) is 73.1 Å². The highest BCUT2D eigenvalue weighted by molar-refractivity contribution is 6.12. The molecule has 0 saturated heterocycles. The van der Waals surface area contributed by atoms with Crippen molar-refractivity contribution < 1.29 is 14.9 Å². The molecular formula is C24H16N2O3. The molecule has 4 aromatic carbocycles. The first-order chi connectivity index (χ1) is 14.2. The second-order valence-electron chi connectivity index (χ2n) is 7.08. The number of phenols is 2. The summed E-state index contributed by atoms with van der Waals surface area (Å²) in [4.78, 5) is 6.40. The molecule has 6 aromatic rings. The molecule has 6 rings (SSSR count). The van der Waals surface area contributed by atoms with Gasteiger partial charge in [0.05, 0.1) is 11.0 Å². The van der Waals surface area contributed by atoms with Gasteiger partial charge in [-0.05, 0) is 12.1 Å². The molecule has 140 valence electrons. The molecule has 5 nitrogen and oxygen atoms in total. The van der Waals surface area contributed by atoms with E-state index >= 15 is 0 Å². The Kier molecular flexibility index (Phi) is 3.12. The minimum atomic E-state index is 0.227. The van der Waals surface area contributed by atoms with E-state index in [4.69, 9.17) is 4.74 Å². The number of aromatic amines is 2. The summed E-state index contributed by atoms with van der Waals surface area (Å²) in [5, 5.41) is 25.9. The fourth-order valence-electron chi connectivity index (χ4n) is 4.16. The van der Waals surface area contributed by atoms with Gasteiger partial charge in [-0.2, -0.15) is 0 Å². The van der Waals surface area contributed by atoms with Gasteiger partial charge in [-0.15, -0.1) is 0 Å². The Morgan fingerprint density at radius 2 is 0.931 bits per heavy atom. The van der Waals surface area contributed by atoms with E-state index < -0.39 is 0 Å². The zero-order valence-corrected chi connectivity index (χ0v) is 15.2. The molecule has 0 fully saturated rings. The highest BCUT2D eigenvalue weighted by Crippen LogP contribution is 2.47. The third kappa shape index (κ3) is 2.09. The second-order valence-corrected chi connectivity index (χ2v) is 7.08. The number of aromatic nitrogens is 2. The SMILES string of the molecule is Oc1c2ccccc2c(Oc2c3ccccc3c(O)c3cc[nH]c23)c2[nH]ccc12. The molecule has 0 atom stereocenters. The number of aromatic hydroxyl groups is 2. The molecule has 0 unspecified atom stereocenters. The van der Waals surface area contributed by atoms with Crippen molar-refractivity contribution in [2.45, 2.75) is 0 Å². The molecule has 2 heterocycles. The smallest absolute Gasteiger partial charge is 0.159 e. The Bertz CT molecular complexity index is 1440. The first-order valence-electron chi connectivity index (χ1n) is 9.33. The van der Waals surface area contributed by atoms with Gasteiger partial charge in [-0.3, -0.25) is 0 Å². The van der Waals surface area contributed by atoms with Gasteiger partial charge in [0, 0.05) is 44.7 Å². The third-order valence-electron chi connectivity index (χ3n) is 5.52. The van der Waals surface area contributed by atoms with Gasteiger partial charge < -0.3 is 24.9 Å². The van der Waals surface area contributed by atoms with Crippen LogP contribution in [0, 0.1) is 0 Å². The maximum Gasteiger partial charge on any atom is 0.159 e. The molecular weight excluding hydrogens is 364 g/mol. The van der Waals surface area contributed by atoms with E-state index in [9.17, 15) is 10.2 Å². The first-order valence-corrected chi connectivity index (χ1v) is 9.33. The van der Waals surface area contributed by atoms with Gasteiger partial charge in [0.1, 0.15) is 11.5 Å². The summed E-state index contributed by atoms with van der Waals surface area (Å²) in [6, 6.07) is 18.9. The topological polar surface area (TPSA) is 81.3 Å². The quantitative estimate of drug-likeness (QED) is 0.290. The number of ether oxygens (including phenoxy) is 1. The summed E-state index contributed by atoms with van der Waals surface area (Å²) >= 11 is 0. The molecule has 4 N–H and O–H groups in total. The van der Waals surface area contributed by atoms with Gasteiger partial charge in [-0.25, -0.2) is 0 Å². The Labute approximate surface area is 164 Å². The Balaban J connectivity index is 1.74. The molecule has 0 bridgehead atoms. The van der Waals surface area contributed by atoms with Crippen molar-refractivity contribution in [1.82, 2.24) is 9.97 Å². The van der Waals surface area contributed by atoms with Crippen molar-refractivity contribution in [1.29, 1.82) is 0 Å². The summed E-state index contributed by atoms with van der Waals surface area (Å²) in [6.45, 7) is 0. The number of hydrogen-bond donors (Lipinski definition) is 4. The van der Waals surface area contributed by atoms with Crippen LogP contribution in [0.4, 0.5) is 0 Å². The zero-order valence-electron chi connectivity index (χ0n) is 15.2. The number of hydrogen-bond acceptors (Lipinski definition) is 3. The lowest BCUT2D eigenvalue weighted by Crippen LogP contribution is -1.92. The number of phenolic OH excluding ortho intramolecular Hbond substituents is 2. The molecule has 0 radical (unpaired) electrons. The lowest BCUT2D eigenvalue weighted by Gasteiger charge is -2.15. The highest BCUT2D eigenvalue weighted by Gasteiger charge is 2.20. The number of nitrogens with one attached hydrogen (secondary N) is 2. The minimum absolute atomic E-state index is 0.227. The van der Waals surface area contributed by atoms with Crippen LogP contribution in [0.25, 0.3) is 43.4 Å². The minimum Gasteiger partial charge on any atom is -0.507 e. The van der Waals surface area contributed by atoms with Crippen LogP contribution in [0.2, 0.25) is 0 Å². The Hall–Kier alpha value is -4.12. The summed E-state index contributed by atoms with van der Waals surface area (Å²) in [7, 11) is 0. The Morgan fingerprint density at radius 3 is 1.38 bits per heavy atom. The fourth-order valence-corrected chi connectivity index (χ4v) is 4.16. The van der Waals surface area contributed by atoms with Crippen LogP contribution in [0.5, 0.6) is 23.0 Å². The summed E-state index contributed by atoms with van der Waals surface area (Å²) < 4.78 is 6.57. The molecule has 0 aliphatic carbocycles. The fraction of sp³-hybridized carbons (Fsp3) is 0. The molecule has 0 aliphatic rings. The van der Waals surface area contributed by atoms with Crippen LogP contribution in [0.1, 0.15) is 0 Å². The van der Waals surface area contributed by atoms with Crippen molar-refractivity contribution in [3.63, 3.8) is 0 Å². The van der Waals surface area contributed by atoms with Crippen LogP contribution >= 0.6 is 0 Å². The van der Waals surface area contributed by atoms with E-state index in [0.717, 1.165) is 32.6 Å². The second kappa shape index (κ2) is 5.69.